The highest BCUT2D eigenvalue weighted by Gasteiger charge is 2.58. The van der Waals surface area contributed by atoms with Crippen molar-refractivity contribution in [1.82, 2.24) is 15.2 Å². The lowest BCUT2D eigenvalue weighted by molar-refractivity contribution is -0.128. The fourth-order valence-electron chi connectivity index (χ4n) is 5.36. The molecule has 7 nitrogen and oxygen atoms in total. The van der Waals surface area contributed by atoms with Crippen LogP contribution >= 0.6 is 0 Å². The number of rotatable bonds is 8. The largest absolute Gasteiger partial charge is 0.496 e. The van der Waals surface area contributed by atoms with Gasteiger partial charge in [0.2, 0.25) is 11.8 Å². The number of aryl methyl sites for hydroxylation is 1. The van der Waals surface area contributed by atoms with E-state index in [0.29, 0.717) is 23.9 Å². The van der Waals surface area contributed by atoms with E-state index in [1.165, 1.54) is 12.7 Å². The van der Waals surface area contributed by atoms with Crippen LogP contribution in [-0.4, -0.2) is 55.6 Å². The number of ether oxygens (including phenoxy) is 2. The van der Waals surface area contributed by atoms with Gasteiger partial charge in [0.15, 0.2) is 11.5 Å². The van der Waals surface area contributed by atoms with E-state index in [-0.39, 0.29) is 11.8 Å². The average molecular weight is 426 g/mol. The van der Waals surface area contributed by atoms with E-state index in [0.717, 1.165) is 45.3 Å². The number of methoxy groups -OCH3 is 2. The molecule has 1 aromatic rings. The van der Waals surface area contributed by atoms with Gasteiger partial charge in [0.1, 0.15) is 5.92 Å². The Morgan fingerprint density at radius 1 is 1.29 bits per heavy atom. The Labute approximate surface area is 183 Å². The second kappa shape index (κ2) is 9.22. The van der Waals surface area contributed by atoms with E-state index < -0.39 is 11.3 Å². The maximum Gasteiger partial charge on any atom is 0.238 e. The van der Waals surface area contributed by atoms with Crippen LogP contribution in [0.25, 0.3) is 0 Å². The van der Waals surface area contributed by atoms with Crippen LogP contribution in [-0.2, 0) is 25.5 Å². The molecule has 1 N–H and O–H groups in total. The van der Waals surface area contributed by atoms with Gasteiger partial charge in [-0.3, -0.25) is 19.9 Å². The van der Waals surface area contributed by atoms with Crippen molar-refractivity contribution in [2.45, 2.75) is 32.1 Å². The number of piperidine rings is 1. The molecule has 166 valence electrons. The molecule has 2 fully saturated rings. The first-order valence-electron chi connectivity index (χ1n) is 11.1. The Hall–Kier alpha value is -2.67. The van der Waals surface area contributed by atoms with Gasteiger partial charge in [0, 0.05) is 18.9 Å². The monoisotopic (exact) mass is 425 g/mol. The third kappa shape index (κ3) is 4.24. The highest BCUT2D eigenvalue weighted by molar-refractivity contribution is 6.10. The Kier molecular flexibility index (Phi) is 6.41. The maximum absolute atomic E-state index is 13.0. The first kappa shape index (κ1) is 21.6. The summed E-state index contributed by atoms with van der Waals surface area (Å²) in [7, 11) is 3.07. The van der Waals surface area contributed by atoms with Crippen LogP contribution < -0.4 is 5.32 Å². The predicted octanol–water partition coefficient (Wildman–Crippen LogP) is 2.45. The molecule has 3 aliphatic rings. The number of carbonyl (C=O) groups excluding carboxylic acids is 2. The van der Waals surface area contributed by atoms with E-state index in [9.17, 15) is 9.59 Å². The molecule has 2 amide bonds. The number of nitrogens with one attached hydrogen (secondary N) is 1. The number of likely N-dealkylation sites (tertiary alicyclic amines) is 1. The summed E-state index contributed by atoms with van der Waals surface area (Å²) in [6.07, 6.45) is 12.3. The highest BCUT2D eigenvalue weighted by Crippen LogP contribution is 2.49. The molecule has 7 heteroatoms. The molecule has 3 unspecified atom stereocenters. The molecule has 2 saturated heterocycles. The quantitative estimate of drug-likeness (QED) is 0.645. The lowest BCUT2D eigenvalue weighted by Gasteiger charge is -2.39. The van der Waals surface area contributed by atoms with Crippen LogP contribution in [0.1, 0.15) is 31.2 Å². The van der Waals surface area contributed by atoms with Gasteiger partial charge >= 0.3 is 0 Å². The predicted molar refractivity (Wildman–Crippen MR) is 116 cm³/mol. The minimum Gasteiger partial charge on any atom is -0.496 e. The Morgan fingerprint density at radius 2 is 2.16 bits per heavy atom. The highest BCUT2D eigenvalue weighted by atomic mass is 16.5. The van der Waals surface area contributed by atoms with Gasteiger partial charge < -0.3 is 14.4 Å². The van der Waals surface area contributed by atoms with E-state index in [4.69, 9.17) is 9.47 Å². The number of nitrogens with zero attached hydrogens (tertiary/aromatic N) is 2. The van der Waals surface area contributed by atoms with Crippen LogP contribution in [0.4, 0.5) is 0 Å². The van der Waals surface area contributed by atoms with E-state index in [1.807, 2.05) is 18.3 Å². The molecule has 2 aliphatic heterocycles. The average Bonchev–Trinajstić information content (AvgIpc) is 3.03. The number of pyridine rings is 1. The zero-order valence-electron chi connectivity index (χ0n) is 18.3. The van der Waals surface area contributed by atoms with Crippen LogP contribution in [0.3, 0.4) is 0 Å². The maximum atomic E-state index is 13.0. The summed E-state index contributed by atoms with van der Waals surface area (Å²) >= 11 is 0. The molecule has 1 aliphatic carbocycles. The van der Waals surface area contributed by atoms with Crippen molar-refractivity contribution in [1.29, 1.82) is 0 Å². The zero-order valence-corrected chi connectivity index (χ0v) is 18.3. The van der Waals surface area contributed by atoms with E-state index in [1.54, 1.807) is 19.4 Å². The summed E-state index contributed by atoms with van der Waals surface area (Å²) in [5, 5.41) is 2.54. The lowest BCUT2D eigenvalue weighted by atomic mass is 9.67. The number of hydrogen-bond donors (Lipinski definition) is 1. The summed E-state index contributed by atoms with van der Waals surface area (Å²) in [5.41, 5.74) is 0.368. The van der Waals surface area contributed by atoms with Crippen molar-refractivity contribution < 1.29 is 19.1 Å². The van der Waals surface area contributed by atoms with Gasteiger partial charge in [0.05, 0.1) is 19.6 Å². The smallest absolute Gasteiger partial charge is 0.238 e. The second-order valence-electron chi connectivity index (χ2n) is 8.74. The van der Waals surface area contributed by atoms with Crippen LogP contribution in [0.15, 0.2) is 48.2 Å². The van der Waals surface area contributed by atoms with Crippen LogP contribution in [0, 0.1) is 17.3 Å². The molecule has 0 spiro atoms. The third-order valence-electron chi connectivity index (χ3n) is 6.81. The molecular formula is C24H31N3O4. The number of aromatic nitrogens is 1. The first-order valence-corrected chi connectivity index (χ1v) is 11.1. The van der Waals surface area contributed by atoms with Crippen LogP contribution in [0.2, 0.25) is 0 Å². The van der Waals surface area contributed by atoms with Crippen molar-refractivity contribution >= 4 is 11.8 Å². The van der Waals surface area contributed by atoms with Crippen molar-refractivity contribution in [3.8, 4) is 0 Å². The Balaban J connectivity index is 1.42. The second-order valence-corrected chi connectivity index (χ2v) is 8.74. The molecule has 0 saturated carbocycles. The summed E-state index contributed by atoms with van der Waals surface area (Å²) in [5.74, 6) is 0.109. The van der Waals surface area contributed by atoms with Gasteiger partial charge in [-0.05, 0) is 68.8 Å². The van der Waals surface area contributed by atoms with Gasteiger partial charge in [-0.25, -0.2) is 0 Å². The van der Waals surface area contributed by atoms with Crippen molar-refractivity contribution in [3.05, 3.63) is 53.8 Å². The van der Waals surface area contributed by atoms with Gasteiger partial charge in [-0.2, -0.15) is 0 Å². The summed E-state index contributed by atoms with van der Waals surface area (Å²) < 4.78 is 10.9. The molecule has 31 heavy (non-hydrogen) atoms. The molecular weight excluding hydrogens is 394 g/mol. The fourth-order valence-corrected chi connectivity index (χ4v) is 5.36. The number of hydrogen-bond acceptors (Lipinski definition) is 6. The minimum atomic E-state index is -0.895. The van der Waals surface area contributed by atoms with E-state index >= 15 is 0 Å². The molecule has 1 aromatic heterocycles. The molecule has 3 atom stereocenters. The normalized spacial score (nSPS) is 28.5. The number of imide groups is 1. The van der Waals surface area contributed by atoms with E-state index in [2.05, 4.69) is 21.3 Å². The SMILES string of the molecule is COC1=C(OC)C2C(=O)NC(=O)C2(CC2CCCN(CCCc3cccnc3)C2)C=C1. The minimum absolute atomic E-state index is 0.225. The zero-order chi connectivity index (χ0) is 21.8. The number of carbonyl (C=O) groups is 2. The molecule has 0 radical (unpaired) electrons. The Bertz CT molecular complexity index is 882. The fraction of sp³-hybridized carbons (Fsp3) is 0.542. The summed E-state index contributed by atoms with van der Waals surface area (Å²) in [6, 6.07) is 4.09. The molecule has 3 heterocycles. The van der Waals surface area contributed by atoms with Gasteiger partial charge in [0.25, 0.3) is 0 Å². The summed E-state index contributed by atoms with van der Waals surface area (Å²) in [6.45, 7) is 3.05. The lowest BCUT2D eigenvalue weighted by Crippen LogP contribution is -2.43. The number of amides is 2. The van der Waals surface area contributed by atoms with Gasteiger partial charge in [-0.15, -0.1) is 0 Å². The topological polar surface area (TPSA) is 80.8 Å². The van der Waals surface area contributed by atoms with Crippen molar-refractivity contribution in [2.75, 3.05) is 33.9 Å². The van der Waals surface area contributed by atoms with Crippen molar-refractivity contribution in [3.63, 3.8) is 0 Å². The Morgan fingerprint density at radius 3 is 2.90 bits per heavy atom. The third-order valence-corrected chi connectivity index (χ3v) is 6.81. The molecule has 0 bridgehead atoms. The number of allylic oxidation sites excluding steroid dienone is 1. The molecule has 0 aromatic carbocycles. The van der Waals surface area contributed by atoms with Crippen LogP contribution in [0.5, 0.6) is 0 Å². The molecule has 4 rings (SSSR count). The number of fused-ring (bicyclic) bond motifs is 1. The summed E-state index contributed by atoms with van der Waals surface area (Å²) in [4.78, 5) is 32.3. The van der Waals surface area contributed by atoms with Gasteiger partial charge in [-0.1, -0.05) is 12.1 Å². The first-order chi connectivity index (χ1) is 15.1. The standard InChI is InChI=1S/C24H31N3O4/c1-30-19-9-10-24(20(21(19)31-2)22(28)26-23(24)29)14-18-8-5-13-27(16-18)12-4-7-17-6-3-11-25-15-17/h3,6,9-11,15,18,20H,4-5,7-8,12-14,16H2,1-2H3,(H,26,28,29). The van der Waals surface area contributed by atoms with Crippen molar-refractivity contribution in [2.24, 2.45) is 17.3 Å².